The van der Waals surface area contributed by atoms with E-state index in [0.717, 1.165) is 24.0 Å². The summed E-state index contributed by atoms with van der Waals surface area (Å²) in [6, 6.07) is 6.97. The molecule has 1 atom stereocenters. The molecule has 27 heavy (non-hydrogen) atoms. The summed E-state index contributed by atoms with van der Waals surface area (Å²) in [7, 11) is 0. The fourth-order valence-corrected chi connectivity index (χ4v) is 3.73. The van der Waals surface area contributed by atoms with Gasteiger partial charge in [-0.05, 0) is 79.0 Å². The van der Waals surface area contributed by atoms with Crippen LogP contribution in [0, 0.1) is 11.6 Å². The maximum Gasteiger partial charge on any atom is 0.573 e. The highest BCUT2D eigenvalue weighted by Crippen LogP contribution is 2.37. The molecule has 0 spiro atoms. The van der Waals surface area contributed by atoms with Crippen molar-refractivity contribution in [3.05, 3.63) is 64.2 Å². The van der Waals surface area contributed by atoms with Crippen molar-refractivity contribution in [2.24, 2.45) is 0 Å². The normalized spacial score (nSPS) is 16.9. The second kappa shape index (κ2) is 7.87. The van der Waals surface area contributed by atoms with Gasteiger partial charge in [0.2, 0.25) is 0 Å². The van der Waals surface area contributed by atoms with Crippen molar-refractivity contribution >= 4 is 0 Å². The van der Waals surface area contributed by atoms with E-state index in [1.54, 1.807) is 6.07 Å². The molecule has 0 bridgehead atoms. The van der Waals surface area contributed by atoms with E-state index in [2.05, 4.69) is 4.74 Å². The minimum Gasteiger partial charge on any atom is -0.406 e. The van der Waals surface area contributed by atoms with Crippen LogP contribution in [0.25, 0.3) is 0 Å². The van der Waals surface area contributed by atoms with Crippen LogP contribution in [0.2, 0.25) is 0 Å². The van der Waals surface area contributed by atoms with Gasteiger partial charge in [0, 0.05) is 5.56 Å². The zero-order chi connectivity index (χ0) is 19.6. The number of hydrogen-bond acceptors (Lipinski definition) is 1. The van der Waals surface area contributed by atoms with Gasteiger partial charge in [-0.3, -0.25) is 0 Å². The Morgan fingerprint density at radius 2 is 1.74 bits per heavy atom. The molecule has 3 rings (SSSR count). The number of benzene rings is 2. The zero-order valence-corrected chi connectivity index (χ0v) is 15.0. The molecule has 0 aromatic heterocycles. The Morgan fingerprint density at radius 3 is 2.37 bits per heavy atom. The number of alkyl halides is 3. The van der Waals surface area contributed by atoms with Crippen molar-refractivity contribution in [3.63, 3.8) is 0 Å². The highest BCUT2D eigenvalue weighted by Gasteiger charge is 2.32. The van der Waals surface area contributed by atoms with E-state index in [1.165, 1.54) is 24.3 Å². The number of unbranched alkanes of at least 4 members (excludes halogenated alkanes) is 1. The first-order chi connectivity index (χ1) is 12.8. The van der Waals surface area contributed by atoms with E-state index in [1.807, 2.05) is 6.92 Å². The molecule has 2 aromatic carbocycles. The molecule has 0 fully saturated rings. The molecule has 0 amide bonds. The van der Waals surface area contributed by atoms with Gasteiger partial charge in [0.1, 0.15) is 17.4 Å². The lowest BCUT2D eigenvalue weighted by atomic mass is 9.79. The molecule has 0 N–H and O–H groups in total. The molecule has 0 heterocycles. The van der Waals surface area contributed by atoms with E-state index < -0.39 is 18.0 Å². The molecule has 1 aliphatic rings. The fourth-order valence-electron chi connectivity index (χ4n) is 3.73. The summed E-state index contributed by atoms with van der Waals surface area (Å²) in [5.74, 6) is -1.66. The fraction of sp³-hybridized carbons (Fsp3) is 0.429. The Balaban J connectivity index is 1.80. The average molecular weight is 384 g/mol. The number of halogens is 5. The molecule has 0 saturated heterocycles. The van der Waals surface area contributed by atoms with Crippen LogP contribution in [0.1, 0.15) is 54.4 Å². The van der Waals surface area contributed by atoms with Crippen molar-refractivity contribution in [2.75, 3.05) is 0 Å². The first-order valence-corrected chi connectivity index (χ1v) is 9.12. The SMILES string of the molecule is CCCCc1cc(F)c(C2CCc3cc(OC(F)(F)F)ccc3C2)c(F)c1. The third-order valence-corrected chi connectivity index (χ3v) is 5.01. The van der Waals surface area contributed by atoms with Gasteiger partial charge in [-0.25, -0.2) is 8.78 Å². The molecule has 2 aromatic rings. The van der Waals surface area contributed by atoms with Crippen LogP contribution >= 0.6 is 0 Å². The monoisotopic (exact) mass is 384 g/mol. The largest absolute Gasteiger partial charge is 0.573 e. The molecule has 0 radical (unpaired) electrons. The van der Waals surface area contributed by atoms with E-state index >= 15 is 0 Å². The predicted molar refractivity (Wildman–Crippen MR) is 92.9 cm³/mol. The van der Waals surface area contributed by atoms with Crippen LogP contribution in [0.4, 0.5) is 22.0 Å². The van der Waals surface area contributed by atoms with Gasteiger partial charge < -0.3 is 4.74 Å². The smallest absolute Gasteiger partial charge is 0.406 e. The molecule has 1 aliphatic carbocycles. The number of hydrogen-bond donors (Lipinski definition) is 0. The van der Waals surface area contributed by atoms with Crippen LogP contribution in [-0.4, -0.2) is 6.36 Å². The maximum absolute atomic E-state index is 14.6. The van der Waals surface area contributed by atoms with E-state index in [-0.39, 0.29) is 17.2 Å². The van der Waals surface area contributed by atoms with E-state index in [4.69, 9.17) is 0 Å². The molecule has 1 nitrogen and oxygen atoms in total. The summed E-state index contributed by atoms with van der Waals surface area (Å²) in [6.07, 6.45) is -0.959. The average Bonchev–Trinajstić information content (AvgIpc) is 2.58. The van der Waals surface area contributed by atoms with Gasteiger partial charge in [-0.15, -0.1) is 13.2 Å². The third kappa shape index (κ3) is 4.79. The minimum atomic E-state index is -4.74. The number of rotatable bonds is 5. The van der Waals surface area contributed by atoms with Crippen LogP contribution in [0.5, 0.6) is 5.75 Å². The predicted octanol–water partition coefficient (Wildman–Crippen LogP) is 6.48. The summed E-state index contributed by atoms with van der Waals surface area (Å²) in [5, 5.41) is 0. The summed E-state index contributed by atoms with van der Waals surface area (Å²) in [6.45, 7) is 2.02. The highest BCUT2D eigenvalue weighted by molar-refractivity contribution is 5.40. The quantitative estimate of drug-likeness (QED) is 0.536. The topological polar surface area (TPSA) is 9.23 Å². The lowest BCUT2D eigenvalue weighted by Crippen LogP contribution is -2.19. The Bertz CT molecular complexity index is 790. The molecule has 146 valence electrons. The van der Waals surface area contributed by atoms with Gasteiger partial charge in [0.15, 0.2) is 0 Å². The van der Waals surface area contributed by atoms with E-state index in [9.17, 15) is 22.0 Å². The first kappa shape index (κ1) is 19.6. The molecule has 6 heteroatoms. The molecular weight excluding hydrogens is 363 g/mol. The zero-order valence-electron chi connectivity index (χ0n) is 15.0. The molecule has 0 saturated carbocycles. The Kier molecular flexibility index (Phi) is 5.72. The number of ether oxygens (including phenoxy) is 1. The summed E-state index contributed by atoms with van der Waals surface area (Å²) in [4.78, 5) is 0. The van der Waals surface area contributed by atoms with E-state index in [0.29, 0.717) is 31.2 Å². The van der Waals surface area contributed by atoms with Gasteiger partial charge in [0.05, 0.1) is 0 Å². The summed E-state index contributed by atoms with van der Waals surface area (Å²) < 4.78 is 70.1. The highest BCUT2D eigenvalue weighted by atomic mass is 19.4. The third-order valence-electron chi connectivity index (χ3n) is 5.01. The van der Waals surface area contributed by atoms with Crippen molar-refractivity contribution in [2.45, 2.75) is 57.7 Å². The van der Waals surface area contributed by atoms with Gasteiger partial charge in [-0.2, -0.15) is 0 Å². The standard InChI is InChI=1S/C21H21F5O/c1-2-3-4-13-9-18(22)20(19(23)10-13)16-6-5-15-12-17(27-21(24,25)26)8-7-14(15)11-16/h7-10,12,16H,2-6,11H2,1H3. The van der Waals surface area contributed by atoms with Crippen LogP contribution < -0.4 is 4.74 Å². The second-order valence-corrected chi connectivity index (χ2v) is 6.99. The van der Waals surface area contributed by atoms with Gasteiger partial charge in [0.25, 0.3) is 0 Å². The maximum atomic E-state index is 14.6. The molecule has 0 aliphatic heterocycles. The van der Waals surface area contributed by atoms with Crippen molar-refractivity contribution in [1.29, 1.82) is 0 Å². The van der Waals surface area contributed by atoms with Crippen molar-refractivity contribution < 1.29 is 26.7 Å². The van der Waals surface area contributed by atoms with Crippen LogP contribution in [0.3, 0.4) is 0 Å². The van der Waals surface area contributed by atoms with Crippen molar-refractivity contribution in [3.8, 4) is 5.75 Å². The molecule has 1 unspecified atom stereocenters. The van der Waals surface area contributed by atoms with Crippen molar-refractivity contribution in [1.82, 2.24) is 0 Å². The number of aryl methyl sites for hydroxylation is 2. The first-order valence-electron chi connectivity index (χ1n) is 9.12. The Labute approximate surface area is 155 Å². The molecular formula is C21H21F5O. The van der Waals surface area contributed by atoms with Crippen LogP contribution in [0.15, 0.2) is 30.3 Å². The van der Waals surface area contributed by atoms with Crippen LogP contribution in [-0.2, 0) is 19.3 Å². The number of fused-ring (bicyclic) bond motifs is 1. The van der Waals surface area contributed by atoms with Gasteiger partial charge >= 0.3 is 6.36 Å². The lowest BCUT2D eigenvalue weighted by Gasteiger charge is -2.26. The second-order valence-electron chi connectivity index (χ2n) is 6.99. The summed E-state index contributed by atoms with van der Waals surface area (Å²) >= 11 is 0. The Hall–Kier alpha value is -2.11. The van der Waals surface area contributed by atoms with Gasteiger partial charge in [-0.1, -0.05) is 19.4 Å². The summed E-state index contributed by atoms with van der Waals surface area (Å²) in [5.41, 5.74) is 2.26. The minimum absolute atomic E-state index is 0.0801. The lowest BCUT2D eigenvalue weighted by molar-refractivity contribution is -0.274. The Morgan fingerprint density at radius 1 is 1.04 bits per heavy atom.